The van der Waals surface area contributed by atoms with Crippen LogP contribution in [0.2, 0.25) is 0 Å². The first kappa shape index (κ1) is 15.5. The van der Waals surface area contributed by atoms with E-state index in [0.717, 1.165) is 57.1 Å². The Hall–Kier alpha value is -1.42. The van der Waals surface area contributed by atoms with Crippen molar-refractivity contribution in [3.05, 3.63) is 35.6 Å². The Kier molecular flexibility index (Phi) is 4.77. The van der Waals surface area contributed by atoms with E-state index in [1.165, 1.54) is 12.1 Å². The van der Waals surface area contributed by atoms with E-state index in [2.05, 4.69) is 0 Å². The Morgan fingerprint density at radius 2 is 1.86 bits per heavy atom. The van der Waals surface area contributed by atoms with Crippen molar-refractivity contribution in [3.8, 4) is 0 Å². The SMILES string of the molecule is NC1CCCC(C(=O)N2CCCCC2c2ccc(F)cc2)C1. The lowest BCUT2D eigenvalue weighted by molar-refractivity contribution is -0.140. The van der Waals surface area contributed by atoms with E-state index in [-0.39, 0.29) is 29.7 Å². The number of nitrogens with two attached hydrogens (primary N) is 1. The Balaban J connectivity index is 1.77. The molecule has 0 spiro atoms. The fraction of sp³-hybridized carbons (Fsp3) is 0.611. The van der Waals surface area contributed by atoms with Gasteiger partial charge in [0.1, 0.15) is 5.82 Å². The predicted molar refractivity (Wildman–Crippen MR) is 84.6 cm³/mol. The van der Waals surface area contributed by atoms with Crippen molar-refractivity contribution in [2.45, 2.75) is 57.0 Å². The molecule has 2 aliphatic rings. The average Bonchev–Trinajstić information content (AvgIpc) is 2.55. The molecule has 120 valence electrons. The molecule has 22 heavy (non-hydrogen) atoms. The summed E-state index contributed by atoms with van der Waals surface area (Å²) in [6.07, 6.45) is 7.00. The van der Waals surface area contributed by atoms with Crippen molar-refractivity contribution >= 4 is 5.91 Å². The van der Waals surface area contributed by atoms with Crippen molar-refractivity contribution in [1.29, 1.82) is 0 Å². The second-order valence-corrected chi connectivity index (χ2v) is 6.72. The maximum Gasteiger partial charge on any atom is 0.226 e. The second kappa shape index (κ2) is 6.78. The summed E-state index contributed by atoms with van der Waals surface area (Å²) in [4.78, 5) is 15.0. The summed E-state index contributed by atoms with van der Waals surface area (Å²) in [6.45, 7) is 0.812. The lowest BCUT2D eigenvalue weighted by atomic mass is 9.84. The van der Waals surface area contributed by atoms with E-state index in [4.69, 9.17) is 5.73 Å². The molecule has 1 aromatic rings. The zero-order valence-electron chi connectivity index (χ0n) is 13.0. The van der Waals surface area contributed by atoms with E-state index >= 15 is 0 Å². The summed E-state index contributed by atoms with van der Waals surface area (Å²) in [5.74, 6) is 0.102. The number of hydrogen-bond acceptors (Lipinski definition) is 2. The van der Waals surface area contributed by atoms with Crippen molar-refractivity contribution in [2.24, 2.45) is 11.7 Å². The van der Waals surface area contributed by atoms with Gasteiger partial charge in [0, 0.05) is 18.5 Å². The standard InChI is InChI=1S/C18H25FN2O/c19-15-9-7-13(8-10-15)17-6-1-2-11-21(17)18(22)14-4-3-5-16(20)12-14/h7-10,14,16-17H,1-6,11-12,20H2. The highest BCUT2D eigenvalue weighted by molar-refractivity contribution is 5.79. The topological polar surface area (TPSA) is 46.3 Å². The monoisotopic (exact) mass is 304 g/mol. The quantitative estimate of drug-likeness (QED) is 0.910. The zero-order chi connectivity index (χ0) is 15.5. The average molecular weight is 304 g/mol. The molecular formula is C18H25FN2O. The Labute approximate surface area is 131 Å². The molecule has 1 aromatic carbocycles. The number of likely N-dealkylation sites (tertiary alicyclic amines) is 1. The molecule has 0 bridgehead atoms. The van der Waals surface area contributed by atoms with Crippen LogP contribution in [0.4, 0.5) is 4.39 Å². The molecule has 3 rings (SSSR count). The first-order valence-electron chi connectivity index (χ1n) is 8.46. The van der Waals surface area contributed by atoms with Gasteiger partial charge in [0.15, 0.2) is 0 Å². The minimum atomic E-state index is -0.226. The predicted octanol–water partition coefficient (Wildman–Crippen LogP) is 3.40. The Morgan fingerprint density at radius 3 is 2.59 bits per heavy atom. The lowest BCUT2D eigenvalue weighted by Gasteiger charge is -2.39. The number of hydrogen-bond donors (Lipinski definition) is 1. The van der Waals surface area contributed by atoms with Gasteiger partial charge in [0.05, 0.1) is 6.04 Å². The molecule has 1 saturated carbocycles. The van der Waals surface area contributed by atoms with Gasteiger partial charge in [-0.3, -0.25) is 4.79 Å². The molecule has 3 atom stereocenters. The van der Waals surface area contributed by atoms with Gasteiger partial charge in [-0.25, -0.2) is 4.39 Å². The molecule has 3 unspecified atom stereocenters. The smallest absolute Gasteiger partial charge is 0.226 e. The largest absolute Gasteiger partial charge is 0.335 e. The van der Waals surface area contributed by atoms with Gasteiger partial charge >= 0.3 is 0 Å². The first-order valence-corrected chi connectivity index (χ1v) is 8.46. The zero-order valence-corrected chi connectivity index (χ0v) is 13.0. The molecule has 4 heteroatoms. The normalized spacial score (nSPS) is 29.4. The molecule has 1 heterocycles. The van der Waals surface area contributed by atoms with Crippen LogP contribution in [0.3, 0.4) is 0 Å². The summed E-state index contributed by atoms with van der Waals surface area (Å²) in [6, 6.07) is 6.87. The number of benzene rings is 1. The van der Waals surface area contributed by atoms with Gasteiger partial charge in [-0.2, -0.15) is 0 Å². The highest BCUT2D eigenvalue weighted by Gasteiger charge is 2.34. The van der Waals surface area contributed by atoms with Crippen LogP contribution in [0.15, 0.2) is 24.3 Å². The van der Waals surface area contributed by atoms with Gasteiger partial charge in [0.25, 0.3) is 0 Å². The minimum Gasteiger partial charge on any atom is -0.335 e. The number of nitrogens with zero attached hydrogens (tertiary/aromatic N) is 1. The van der Waals surface area contributed by atoms with Crippen LogP contribution < -0.4 is 5.73 Å². The fourth-order valence-electron chi connectivity index (χ4n) is 3.91. The van der Waals surface area contributed by atoms with Crippen LogP contribution in [0.25, 0.3) is 0 Å². The number of rotatable bonds is 2. The summed E-state index contributed by atoms with van der Waals surface area (Å²) < 4.78 is 13.1. The van der Waals surface area contributed by atoms with Crippen LogP contribution in [0.1, 0.15) is 56.6 Å². The minimum absolute atomic E-state index is 0.0739. The van der Waals surface area contributed by atoms with E-state index in [1.54, 1.807) is 0 Å². The summed E-state index contributed by atoms with van der Waals surface area (Å²) >= 11 is 0. The third-order valence-corrected chi connectivity index (χ3v) is 5.10. The van der Waals surface area contributed by atoms with Crippen molar-refractivity contribution in [1.82, 2.24) is 4.90 Å². The maximum atomic E-state index is 13.1. The maximum absolute atomic E-state index is 13.1. The first-order chi connectivity index (χ1) is 10.6. The molecule has 1 aliphatic heterocycles. The molecule has 2 fully saturated rings. The highest BCUT2D eigenvalue weighted by atomic mass is 19.1. The number of piperidine rings is 1. The summed E-state index contributed by atoms with van der Waals surface area (Å²) in [7, 11) is 0. The summed E-state index contributed by atoms with van der Waals surface area (Å²) in [5.41, 5.74) is 7.09. The fourth-order valence-corrected chi connectivity index (χ4v) is 3.91. The van der Waals surface area contributed by atoms with Crippen LogP contribution in [-0.4, -0.2) is 23.4 Å². The third kappa shape index (κ3) is 3.32. The van der Waals surface area contributed by atoms with Gasteiger partial charge in [-0.1, -0.05) is 18.6 Å². The molecule has 1 aliphatic carbocycles. The van der Waals surface area contributed by atoms with Crippen LogP contribution in [0, 0.1) is 11.7 Å². The number of amides is 1. The summed E-state index contributed by atoms with van der Waals surface area (Å²) in [5, 5.41) is 0. The lowest BCUT2D eigenvalue weighted by Crippen LogP contribution is -2.44. The highest BCUT2D eigenvalue weighted by Crippen LogP contribution is 2.34. The van der Waals surface area contributed by atoms with Crippen molar-refractivity contribution in [2.75, 3.05) is 6.54 Å². The molecule has 0 aromatic heterocycles. The molecular weight excluding hydrogens is 279 g/mol. The Bertz CT molecular complexity index is 516. The Morgan fingerprint density at radius 1 is 1.09 bits per heavy atom. The van der Waals surface area contributed by atoms with Crippen LogP contribution in [0.5, 0.6) is 0 Å². The van der Waals surface area contributed by atoms with E-state index in [0.29, 0.717) is 0 Å². The second-order valence-electron chi connectivity index (χ2n) is 6.72. The van der Waals surface area contributed by atoms with Gasteiger partial charge < -0.3 is 10.6 Å². The molecule has 1 amide bonds. The van der Waals surface area contributed by atoms with Gasteiger partial charge in [-0.05, 0) is 56.2 Å². The van der Waals surface area contributed by atoms with Crippen LogP contribution >= 0.6 is 0 Å². The van der Waals surface area contributed by atoms with E-state index in [9.17, 15) is 9.18 Å². The third-order valence-electron chi connectivity index (χ3n) is 5.10. The number of carbonyl (C=O) groups excluding carboxylic acids is 1. The van der Waals surface area contributed by atoms with Crippen molar-refractivity contribution in [3.63, 3.8) is 0 Å². The molecule has 3 nitrogen and oxygen atoms in total. The number of carbonyl (C=O) groups is 1. The van der Waals surface area contributed by atoms with Gasteiger partial charge in [0.2, 0.25) is 5.91 Å². The number of halogens is 1. The van der Waals surface area contributed by atoms with E-state index in [1.807, 2.05) is 17.0 Å². The van der Waals surface area contributed by atoms with E-state index < -0.39 is 0 Å². The molecule has 1 saturated heterocycles. The van der Waals surface area contributed by atoms with Crippen LogP contribution in [-0.2, 0) is 4.79 Å². The molecule has 0 radical (unpaired) electrons. The van der Waals surface area contributed by atoms with Gasteiger partial charge in [-0.15, -0.1) is 0 Å². The molecule has 2 N–H and O–H groups in total. The van der Waals surface area contributed by atoms with Crippen molar-refractivity contribution < 1.29 is 9.18 Å².